The Labute approximate surface area is 185 Å². The van der Waals surface area contributed by atoms with E-state index in [0.717, 1.165) is 5.82 Å². The molecule has 2 aromatic heterocycles. The zero-order valence-corrected chi connectivity index (χ0v) is 18.7. The Hall–Kier alpha value is -3.07. The third-order valence-electron chi connectivity index (χ3n) is 4.39. The van der Waals surface area contributed by atoms with E-state index in [2.05, 4.69) is 14.9 Å². The molecular formula is C21H25ClN4O5. The largest absolute Gasteiger partial charge is 0.465 e. The summed E-state index contributed by atoms with van der Waals surface area (Å²) in [5, 5.41) is 0.116. The molecule has 0 unspecified atom stereocenters. The number of pyridine rings is 2. The minimum atomic E-state index is -0.534. The average Bonchev–Trinajstić information content (AvgIpc) is 2.72. The number of aromatic nitrogens is 2. The summed E-state index contributed by atoms with van der Waals surface area (Å²) in [5.74, 6) is 0.841. The van der Waals surface area contributed by atoms with Crippen molar-refractivity contribution in [1.29, 1.82) is 0 Å². The molecule has 0 radical (unpaired) electrons. The number of esters is 1. The highest BCUT2D eigenvalue weighted by atomic mass is 35.5. The molecule has 2 aromatic rings. The molecule has 3 rings (SSSR count). The molecule has 0 bridgehead atoms. The maximum absolute atomic E-state index is 12.2. The van der Waals surface area contributed by atoms with E-state index in [1.807, 2.05) is 26.8 Å². The molecule has 9 nitrogen and oxygen atoms in total. The molecule has 31 heavy (non-hydrogen) atoms. The van der Waals surface area contributed by atoms with Gasteiger partial charge >= 0.3 is 12.1 Å². The maximum Gasteiger partial charge on any atom is 0.410 e. The van der Waals surface area contributed by atoms with Crippen LogP contribution in [0.2, 0.25) is 5.15 Å². The number of ether oxygens (including phenoxy) is 3. The number of hydrogen-bond acceptors (Lipinski definition) is 8. The summed E-state index contributed by atoms with van der Waals surface area (Å²) in [5.41, 5.74) is -0.272. The Morgan fingerprint density at radius 1 is 1.10 bits per heavy atom. The SMILES string of the molecule is COC(=O)c1cc(Cl)nc(Oc2ccc(N3CCN(C(=O)OC(C)(C)C)CC3)nc2)c1. The topological polar surface area (TPSA) is 94.1 Å². The van der Waals surface area contributed by atoms with Crippen LogP contribution in [0, 0.1) is 0 Å². The Kier molecular flexibility index (Phi) is 6.84. The van der Waals surface area contributed by atoms with Crippen molar-refractivity contribution in [3.8, 4) is 11.6 Å². The van der Waals surface area contributed by atoms with E-state index >= 15 is 0 Å². The van der Waals surface area contributed by atoms with Gasteiger partial charge in [0.05, 0.1) is 18.9 Å². The second-order valence-electron chi connectivity index (χ2n) is 7.92. The van der Waals surface area contributed by atoms with E-state index in [1.165, 1.54) is 19.2 Å². The number of carbonyl (C=O) groups excluding carboxylic acids is 2. The predicted molar refractivity (Wildman–Crippen MR) is 115 cm³/mol. The van der Waals surface area contributed by atoms with Crippen molar-refractivity contribution >= 4 is 29.5 Å². The van der Waals surface area contributed by atoms with Gasteiger partial charge in [-0.05, 0) is 39.0 Å². The zero-order chi connectivity index (χ0) is 22.6. The van der Waals surface area contributed by atoms with Crippen LogP contribution in [-0.2, 0) is 9.47 Å². The lowest BCUT2D eigenvalue weighted by Gasteiger charge is -2.36. The number of hydrogen-bond donors (Lipinski definition) is 0. The Morgan fingerprint density at radius 2 is 1.81 bits per heavy atom. The van der Waals surface area contributed by atoms with Gasteiger partial charge in [-0.1, -0.05) is 11.6 Å². The van der Waals surface area contributed by atoms with Crippen LogP contribution < -0.4 is 9.64 Å². The second kappa shape index (κ2) is 9.38. The van der Waals surface area contributed by atoms with E-state index < -0.39 is 11.6 Å². The molecule has 0 aromatic carbocycles. The predicted octanol–water partition coefficient (Wildman–Crippen LogP) is 3.77. The van der Waals surface area contributed by atoms with Crippen molar-refractivity contribution in [1.82, 2.24) is 14.9 Å². The van der Waals surface area contributed by atoms with E-state index in [0.29, 0.717) is 31.9 Å². The highest BCUT2D eigenvalue weighted by Gasteiger charge is 2.26. The first-order valence-corrected chi connectivity index (χ1v) is 10.1. The lowest BCUT2D eigenvalue weighted by Crippen LogP contribution is -2.50. The summed E-state index contributed by atoms with van der Waals surface area (Å²) < 4.78 is 15.8. The molecule has 1 aliphatic heterocycles. The highest BCUT2D eigenvalue weighted by molar-refractivity contribution is 6.29. The van der Waals surface area contributed by atoms with Crippen molar-refractivity contribution < 1.29 is 23.8 Å². The van der Waals surface area contributed by atoms with Crippen molar-refractivity contribution in [3.63, 3.8) is 0 Å². The van der Waals surface area contributed by atoms with Gasteiger partial charge in [0.15, 0.2) is 0 Å². The van der Waals surface area contributed by atoms with Crippen LogP contribution in [0.1, 0.15) is 31.1 Å². The molecule has 0 saturated carbocycles. The van der Waals surface area contributed by atoms with Crippen LogP contribution in [0.25, 0.3) is 0 Å². The van der Waals surface area contributed by atoms with Gasteiger partial charge in [-0.2, -0.15) is 0 Å². The first-order valence-electron chi connectivity index (χ1n) is 9.77. The van der Waals surface area contributed by atoms with Gasteiger partial charge in [0, 0.05) is 32.2 Å². The first kappa shape index (κ1) is 22.6. The quantitative estimate of drug-likeness (QED) is 0.515. The molecule has 1 amide bonds. The lowest BCUT2D eigenvalue weighted by atomic mass is 10.2. The van der Waals surface area contributed by atoms with E-state index in [-0.39, 0.29) is 22.7 Å². The van der Waals surface area contributed by atoms with Crippen molar-refractivity contribution in [2.24, 2.45) is 0 Å². The van der Waals surface area contributed by atoms with Crippen molar-refractivity contribution in [2.75, 3.05) is 38.2 Å². The summed E-state index contributed by atoms with van der Waals surface area (Å²) in [6.45, 7) is 7.95. The third-order valence-corrected chi connectivity index (χ3v) is 4.58. The number of anilines is 1. The average molecular weight is 449 g/mol. The number of halogens is 1. The third kappa shape index (κ3) is 6.21. The molecule has 0 atom stereocenters. The van der Waals surface area contributed by atoms with Gasteiger partial charge in [0.25, 0.3) is 0 Å². The Balaban J connectivity index is 1.60. The molecule has 1 fully saturated rings. The molecule has 1 aliphatic rings. The van der Waals surface area contributed by atoms with E-state index in [9.17, 15) is 9.59 Å². The fourth-order valence-corrected chi connectivity index (χ4v) is 3.15. The van der Waals surface area contributed by atoms with Gasteiger partial charge in [0.1, 0.15) is 22.3 Å². The summed E-state index contributed by atoms with van der Waals surface area (Å²) in [7, 11) is 1.28. The fraction of sp³-hybridized carbons (Fsp3) is 0.429. The zero-order valence-electron chi connectivity index (χ0n) is 17.9. The van der Waals surface area contributed by atoms with Crippen LogP contribution in [0.3, 0.4) is 0 Å². The molecular weight excluding hydrogens is 424 g/mol. The first-order chi connectivity index (χ1) is 14.6. The van der Waals surface area contributed by atoms with Crippen molar-refractivity contribution in [3.05, 3.63) is 41.2 Å². The van der Waals surface area contributed by atoms with Gasteiger partial charge in [-0.15, -0.1) is 0 Å². The molecule has 1 saturated heterocycles. The number of methoxy groups -OCH3 is 1. The Morgan fingerprint density at radius 3 is 2.39 bits per heavy atom. The monoisotopic (exact) mass is 448 g/mol. The van der Waals surface area contributed by atoms with Crippen LogP contribution in [0.15, 0.2) is 30.5 Å². The maximum atomic E-state index is 12.2. The number of rotatable bonds is 4. The molecule has 0 aliphatic carbocycles. The van der Waals surface area contributed by atoms with Crippen LogP contribution in [0.5, 0.6) is 11.6 Å². The molecule has 10 heteroatoms. The van der Waals surface area contributed by atoms with Gasteiger partial charge in [-0.3, -0.25) is 0 Å². The highest BCUT2D eigenvalue weighted by Crippen LogP contribution is 2.25. The number of amides is 1. The van der Waals surface area contributed by atoms with Gasteiger partial charge in [-0.25, -0.2) is 19.6 Å². The number of nitrogens with zero attached hydrogens (tertiary/aromatic N) is 4. The molecule has 3 heterocycles. The van der Waals surface area contributed by atoms with E-state index in [1.54, 1.807) is 17.2 Å². The molecule has 0 spiro atoms. The smallest absolute Gasteiger partial charge is 0.410 e. The minimum Gasteiger partial charge on any atom is -0.465 e. The fourth-order valence-electron chi connectivity index (χ4n) is 2.95. The minimum absolute atomic E-state index is 0.116. The summed E-state index contributed by atoms with van der Waals surface area (Å²) >= 11 is 5.96. The normalized spacial score (nSPS) is 14.2. The van der Waals surface area contributed by atoms with Crippen LogP contribution >= 0.6 is 11.6 Å². The summed E-state index contributed by atoms with van der Waals surface area (Å²) in [4.78, 5) is 36.2. The van der Waals surface area contributed by atoms with Crippen molar-refractivity contribution in [2.45, 2.75) is 26.4 Å². The van der Waals surface area contributed by atoms with Gasteiger partial charge in [0.2, 0.25) is 5.88 Å². The Bertz CT molecular complexity index is 938. The van der Waals surface area contributed by atoms with E-state index in [4.69, 9.17) is 25.8 Å². The summed E-state index contributed by atoms with van der Waals surface area (Å²) in [6, 6.07) is 6.42. The molecule has 166 valence electrons. The summed E-state index contributed by atoms with van der Waals surface area (Å²) in [6.07, 6.45) is 1.26. The van der Waals surface area contributed by atoms with Crippen LogP contribution in [0.4, 0.5) is 10.6 Å². The number of carbonyl (C=O) groups is 2. The standard InChI is InChI=1S/C21H25ClN4O5/c1-21(2,3)31-20(28)26-9-7-25(8-10-26)17-6-5-15(13-23-17)30-18-12-14(19(27)29-4)11-16(22)24-18/h5-6,11-13H,7-10H2,1-4H3. The van der Waals surface area contributed by atoms with Crippen LogP contribution in [-0.4, -0.2) is 65.8 Å². The molecule has 0 N–H and O–H groups in total. The second-order valence-corrected chi connectivity index (χ2v) is 8.30. The number of piperazine rings is 1. The van der Waals surface area contributed by atoms with Gasteiger partial charge < -0.3 is 24.0 Å². The lowest BCUT2D eigenvalue weighted by molar-refractivity contribution is 0.0240.